The average molecular weight is 291 g/mol. The highest BCUT2D eigenvalue weighted by molar-refractivity contribution is 6.04. The molecule has 1 aromatic heterocycles. The molecule has 0 saturated carbocycles. The van der Waals surface area contributed by atoms with Gasteiger partial charge in [-0.05, 0) is 25.0 Å². The van der Waals surface area contributed by atoms with E-state index in [2.05, 4.69) is 27.4 Å². The number of hydrogen-bond donors (Lipinski definition) is 1. The van der Waals surface area contributed by atoms with Crippen molar-refractivity contribution in [1.29, 1.82) is 0 Å². The molecule has 3 aromatic rings. The van der Waals surface area contributed by atoms with Crippen LogP contribution in [0.4, 0.5) is 0 Å². The normalized spacial score (nSPS) is 10.6. The van der Waals surface area contributed by atoms with Gasteiger partial charge < -0.3 is 5.32 Å². The first-order valence-corrected chi connectivity index (χ1v) is 7.29. The summed E-state index contributed by atoms with van der Waals surface area (Å²) in [4.78, 5) is 21.1. The lowest BCUT2D eigenvalue weighted by Crippen LogP contribution is -2.27. The average Bonchev–Trinajstić information content (AvgIpc) is 2.55. The zero-order valence-electron chi connectivity index (χ0n) is 12.4. The van der Waals surface area contributed by atoms with E-state index < -0.39 is 0 Å². The summed E-state index contributed by atoms with van der Waals surface area (Å²) in [7, 11) is 0. The Morgan fingerprint density at radius 2 is 1.73 bits per heavy atom. The maximum atomic E-state index is 12.4. The highest BCUT2D eigenvalue weighted by Gasteiger charge is 2.12. The van der Waals surface area contributed by atoms with E-state index in [0.717, 1.165) is 17.3 Å². The van der Waals surface area contributed by atoms with Crippen LogP contribution in [0, 0.1) is 6.92 Å². The minimum Gasteiger partial charge on any atom is -0.350 e. The van der Waals surface area contributed by atoms with Crippen LogP contribution in [0.15, 0.2) is 54.6 Å². The Bertz CT molecular complexity index is 800. The van der Waals surface area contributed by atoms with Crippen LogP contribution in [0.5, 0.6) is 0 Å². The fourth-order valence-electron chi connectivity index (χ4n) is 2.41. The number of hydrogen-bond acceptors (Lipinski definition) is 3. The predicted molar refractivity (Wildman–Crippen MR) is 86.8 cm³/mol. The highest BCUT2D eigenvalue weighted by atomic mass is 16.1. The number of carbonyl (C=O) groups excluding carboxylic acids is 1. The first kappa shape index (κ1) is 14.2. The van der Waals surface area contributed by atoms with Gasteiger partial charge in [0.2, 0.25) is 0 Å². The minimum atomic E-state index is -0.155. The summed E-state index contributed by atoms with van der Waals surface area (Å²) in [6.45, 7) is 2.38. The number of benzene rings is 2. The summed E-state index contributed by atoms with van der Waals surface area (Å²) in [6, 6.07) is 17.7. The van der Waals surface area contributed by atoms with E-state index in [4.69, 9.17) is 0 Å². The number of para-hydroxylation sites is 1. The van der Waals surface area contributed by atoms with Crippen LogP contribution < -0.4 is 5.32 Å². The Kier molecular flexibility index (Phi) is 4.10. The molecule has 1 heterocycles. The number of aromatic nitrogens is 2. The van der Waals surface area contributed by atoms with Gasteiger partial charge in [-0.15, -0.1) is 0 Å². The molecule has 0 aliphatic carbocycles. The summed E-state index contributed by atoms with van der Waals surface area (Å²) >= 11 is 0. The van der Waals surface area contributed by atoms with E-state index in [1.807, 2.05) is 42.5 Å². The molecular weight excluding hydrogens is 274 g/mol. The largest absolute Gasteiger partial charge is 0.350 e. The number of aryl methyl sites for hydroxylation is 1. The zero-order valence-corrected chi connectivity index (χ0v) is 12.4. The molecule has 0 aliphatic heterocycles. The van der Waals surface area contributed by atoms with Crippen molar-refractivity contribution in [2.75, 3.05) is 6.54 Å². The number of nitrogens with one attached hydrogen (secondary N) is 1. The lowest BCUT2D eigenvalue weighted by Gasteiger charge is -2.08. The molecule has 3 rings (SSSR count). The number of rotatable bonds is 4. The van der Waals surface area contributed by atoms with Crippen molar-refractivity contribution in [2.45, 2.75) is 13.3 Å². The van der Waals surface area contributed by atoms with E-state index in [-0.39, 0.29) is 5.91 Å². The van der Waals surface area contributed by atoms with Crippen molar-refractivity contribution in [3.63, 3.8) is 0 Å². The van der Waals surface area contributed by atoms with Gasteiger partial charge in [0.15, 0.2) is 0 Å². The van der Waals surface area contributed by atoms with Crippen LogP contribution in [-0.2, 0) is 6.42 Å². The Morgan fingerprint density at radius 1 is 1.00 bits per heavy atom. The molecule has 0 radical (unpaired) electrons. The molecule has 0 unspecified atom stereocenters. The first-order chi connectivity index (χ1) is 10.7. The maximum Gasteiger partial charge on any atom is 0.270 e. The van der Waals surface area contributed by atoms with Gasteiger partial charge in [0.1, 0.15) is 11.5 Å². The van der Waals surface area contributed by atoms with E-state index in [9.17, 15) is 4.79 Å². The van der Waals surface area contributed by atoms with E-state index >= 15 is 0 Å². The second kappa shape index (κ2) is 6.35. The second-order valence-corrected chi connectivity index (χ2v) is 5.13. The predicted octanol–water partition coefficient (Wildman–Crippen LogP) is 2.91. The molecule has 110 valence electrons. The number of fused-ring (bicyclic) bond motifs is 1. The molecule has 0 fully saturated rings. The third kappa shape index (κ3) is 3.11. The van der Waals surface area contributed by atoms with Crippen molar-refractivity contribution >= 4 is 16.8 Å². The molecule has 1 N–H and O–H groups in total. The summed E-state index contributed by atoms with van der Waals surface area (Å²) in [5.74, 6) is 0.449. The van der Waals surface area contributed by atoms with Crippen LogP contribution in [-0.4, -0.2) is 22.4 Å². The summed E-state index contributed by atoms with van der Waals surface area (Å²) < 4.78 is 0. The Labute approximate surface area is 129 Å². The molecule has 0 spiro atoms. The molecule has 4 nitrogen and oxygen atoms in total. The van der Waals surface area contributed by atoms with Gasteiger partial charge in [-0.1, -0.05) is 48.5 Å². The van der Waals surface area contributed by atoms with Crippen LogP contribution in [0.25, 0.3) is 10.9 Å². The van der Waals surface area contributed by atoms with Gasteiger partial charge in [-0.3, -0.25) is 4.79 Å². The van der Waals surface area contributed by atoms with Gasteiger partial charge in [-0.2, -0.15) is 0 Å². The van der Waals surface area contributed by atoms with Gasteiger partial charge in [0.25, 0.3) is 5.91 Å². The van der Waals surface area contributed by atoms with Crippen molar-refractivity contribution in [2.24, 2.45) is 0 Å². The number of nitrogens with zero attached hydrogens (tertiary/aromatic N) is 2. The van der Waals surface area contributed by atoms with E-state index in [0.29, 0.717) is 18.1 Å². The Hall–Kier alpha value is -2.75. The fourth-order valence-corrected chi connectivity index (χ4v) is 2.41. The van der Waals surface area contributed by atoms with Crippen LogP contribution in [0.2, 0.25) is 0 Å². The number of carbonyl (C=O) groups is 1. The van der Waals surface area contributed by atoms with Crippen LogP contribution in [0.3, 0.4) is 0 Å². The van der Waals surface area contributed by atoms with Crippen molar-refractivity contribution < 1.29 is 4.79 Å². The van der Waals surface area contributed by atoms with Gasteiger partial charge in [0.05, 0.1) is 5.52 Å². The molecule has 0 saturated heterocycles. The molecule has 4 heteroatoms. The van der Waals surface area contributed by atoms with Crippen molar-refractivity contribution in [3.8, 4) is 0 Å². The topological polar surface area (TPSA) is 54.9 Å². The standard InChI is InChI=1S/C18H17N3O/c1-13-20-16-10-6-5-9-15(16)17(21-13)18(22)19-12-11-14-7-3-2-4-8-14/h2-10H,11-12H2,1H3,(H,19,22). The van der Waals surface area contributed by atoms with Crippen LogP contribution in [0.1, 0.15) is 21.9 Å². The quantitative estimate of drug-likeness (QED) is 0.804. The summed E-state index contributed by atoms with van der Waals surface area (Å²) in [6.07, 6.45) is 0.800. The molecule has 0 aliphatic rings. The molecule has 22 heavy (non-hydrogen) atoms. The molecule has 0 atom stereocenters. The number of amides is 1. The molecule has 0 bridgehead atoms. The van der Waals surface area contributed by atoms with Gasteiger partial charge in [-0.25, -0.2) is 9.97 Å². The minimum absolute atomic E-state index is 0.155. The highest BCUT2D eigenvalue weighted by Crippen LogP contribution is 2.15. The maximum absolute atomic E-state index is 12.4. The molecular formula is C18H17N3O. The molecule has 1 amide bonds. The van der Waals surface area contributed by atoms with Gasteiger partial charge >= 0.3 is 0 Å². The van der Waals surface area contributed by atoms with Gasteiger partial charge in [0, 0.05) is 11.9 Å². The lowest BCUT2D eigenvalue weighted by atomic mass is 10.1. The van der Waals surface area contributed by atoms with Crippen molar-refractivity contribution in [3.05, 3.63) is 71.7 Å². The lowest BCUT2D eigenvalue weighted by molar-refractivity contribution is 0.0950. The van der Waals surface area contributed by atoms with E-state index in [1.165, 1.54) is 5.56 Å². The monoisotopic (exact) mass is 291 g/mol. The zero-order chi connectivity index (χ0) is 15.4. The fraction of sp³-hybridized carbons (Fsp3) is 0.167. The Morgan fingerprint density at radius 3 is 2.55 bits per heavy atom. The summed E-state index contributed by atoms with van der Waals surface area (Å²) in [5, 5.41) is 3.72. The SMILES string of the molecule is Cc1nc(C(=O)NCCc2ccccc2)c2ccccc2n1. The third-order valence-corrected chi connectivity index (χ3v) is 3.47. The van der Waals surface area contributed by atoms with Crippen LogP contribution >= 0.6 is 0 Å². The van der Waals surface area contributed by atoms with Crippen molar-refractivity contribution in [1.82, 2.24) is 15.3 Å². The smallest absolute Gasteiger partial charge is 0.270 e. The first-order valence-electron chi connectivity index (χ1n) is 7.29. The Balaban J connectivity index is 1.75. The third-order valence-electron chi connectivity index (χ3n) is 3.47. The molecule has 2 aromatic carbocycles. The van der Waals surface area contributed by atoms with E-state index in [1.54, 1.807) is 6.92 Å². The summed E-state index contributed by atoms with van der Waals surface area (Å²) in [5.41, 5.74) is 2.44. The second-order valence-electron chi connectivity index (χ2n) is 5.13.